The Balaban J connectivity index is 1.82. The topological polar surface area (TPSA) is 50.9 Å². The van der Waals surface area contributed by atoms with Crippen LogP contribution in [0.25, 0.3) is 0 Å². The van der Waals surface area contributed by atoms with Crippen molar-refractivity contribution in [1.82, 2.24) is 5.32 Å². The number of hydrogen-bond acceptors (Lipinski definition) is 3. The number of ether oxygens (including phenoxy) is 2. The molecule has 1 aliphatic heterocycles. The molecule has 0 bridgehead atoms. The van der Waals surface area contributed by atoms with Crippen molar-refractivity contribution >= 4 is 6.09 Å². The maximum Gasteiger partial charge on any atom is 0.407 e. The number of carbonyl (C=O) groups is 1. The van der Waals surface area contributed by atoms with E-state index in [-0.39, 0.29) is 12.1 Å². The van der Waals surface area contributed by atoms with Crippen molar-refractivity contribution in [2.45, 2.75) is 51.0 Å². The summed E-state index contributed by atoms with van der Waals surface area (Å²) in [6.45, 7) is 7.50. The molecule has 0 spiro atoms. The smallest absolute Gasteiger partial charge is 0.407 e. The zero-order valence-corrected chi connectivity index (χ0v) is 15.2. The standard InChI is InChI=1S/C21H25NO3/c1-15(22-19(23)25-20(2,3)4)18-21(24-18,16-11-7-5-8-12-16)17-13-9-6-10-14-17/h5-15,18H,1-4H3,(H,22,23)/t15-,18+/m0/s1. The van der Waals surface area contributed by atoms with Gasteiger partial charge in [-0.05, 0) is 38.8 Å². The zero-order chi connectivity index (χ0) is 18.1. The zero-order valence-electron chi connectivity index (χ0n) is 15.2. The third-order valence-corrected chi connectivity index (χ3v) is 4.26. The third-order valence-electron chi connectivity index (χ3n) is 4.26. The second kappa shape index (κ2) is 6.52. The van der Waals surface area contributed by atoms with Crippen LogP contribution in [0, 0.1) is 0 Å². The Morgan fingerprint density at radius 2 is 1.52 bits per heavy atom. The number of rotatable bonds is 4. The minimum absolute atomic E-state index is 0.148. The van der Waals surface area contributed by atoms with E-state index in [9.17, 15) is 4.79 Å². The monoisotopic (exact) mass is 339 g/mol. The number of epoxide rings is 1. The SMILES string of the molecule is C[C@H](NC(=O)OC(C)(C)C)[C@H]1OC1(c1ccccc1)c1ccccc1. The van der Waals surface area contributed by atoms with Gasteiger partial charge in [0.25, 0.3) is 0 Å². The van der Waals surface area contributed by atoms with E-state index >= 15 is 0 Å². The van der Waals surface area contributed by atoms with Gasteiger partial charge in [0.2, 0.25) is 0 Å². The molecule has 0 unspecified atom stereocenters. The highest BCUT2D eigenvalue weighted by atomic mass is 16.6. The summed E-state index contributed by atoms with van der Waals surface area (Å²) in [5.74, 6) is 0. The highest BCUT2D eigenvalue weighted by Crippen LogP contribution is 2.53. The van der Waals surface area contributed by atoms with E-state index in [0.29, 0.717) is 0 Å². The Morgan fingerprint density at radius 1 is 1.04 bits per heavy atom. The Kier molecular flexibility index (Phi) is 4.56. The number of carbonyl (C=O) groups excluding carboxylic acids is 1. The van der Waals surface area contributed by atoms with E-state index in [1.807, 2.05) is 64.1 Å². The molecule has 1 fully saturated rings. The molecule has 0 saturated carbocycles. The Morgan fingerprint density at radius 3 is 1.96 bits per heavy atom. The lowest BCUT2D eigenvalue weighted by molar-refractivity contribution is 0.0500. The molecule has 3 rings (SSSR count). The van der Waals surface area contributed by atoms with E-state index in [2.05, 4.69) is 29.6 Å². The first-order valence-electron chi connectivity index (χ1n) is 8.61. The first kappa shape index (κ1) is 17.5. The van der Waals surface area contributed by atoms with Gasteiger partial charge in [-0.15, -0.1) is 0 Å². The summed E-state index contributed by atoms with van der Waals surface area (Å²) in [6.07, 6.45) is -0.574. The van der Waals surface area contributed by atoms with Crippen LogP contribution in [-0.2, 0) is 15.1 Å². The number of benzene rings is 2. The molecule has 0 aliphatic carbocycles. The van der Waals surface area contributed by atoms with Crippen LogP contribution < -0.4 is 5.32 Å². The first-order chi connectivity index (χ1) is 11.8. The van der Waals surface area contributed by atoms with Gasteiger partial charge in [0, 0.05) is 0 Å². The fraction of sp³-hybridized carbons (Fsp3) is 0.381. The molecule has 1 heterocycles. The second-order valence-corrected chi connectivity index (χ2v) is 7.44. The van der Waals surface area contributed by atoms with Gasteiger partial charge in [-0.25, -0.2) is 4.79 Å². The van der Waals surface area contributed by atoms with Crippen LogP contribution in [0.4, 0.5) is 4.79 Å². The first-order valence-corrected chi connectivity index (χ1v) is 8.61. The Labute approximate surface area is 149 Å². The van der Waals surface area contributed by atoms with Crippen molar-refractivity contribution < 1.29 is 14.3 Å². The summed E-state index contributed by atoms with van der Waals surface area (Å²) < 4.78 is 11.6. The van der Waals surface area contributed by atoms with Gasteiger partial charge >= 0.3 is 6.09 Å². The molecular formula is C21H25NO3. The normalized spacial score (nSPS) is 19.8. The highest BCUT2D eigenvalue weighted by Gasteiger charge is 2.61. The van der Waals surface area contributed by atoms with Crippen LogP contribution in [0.15, 0.2) is 60.7 Å². The fourth-order valence-electron chi connectivity index (χ4n) is 3.19. The van der Waals surface area contributed by atoms with Crippen LogP contribution in [0.3, 0.4) is 0 Å². The van der Waals surface area contributed by atoms with Crippen molar-refractivity contribution in [3.05, 3.63) is 71.8 Å². The minimum atomic E-state index is -0.531. The predicted molar refractivity (Wildman–Crippen MR) is 97.4 cm³/mol. The molecule has 1 N–H and O–H groups in total. The molecule has 4 nitrogen and oxygen atoms in total. The molecule has 132 valence electrons. The summed E-state index contributed by atoms with van der Waals surface area (Å²) in [6, 6.07) is 20.1. The maximum atomic E-state index is 12.1. The predicted octanol–water partition coefficient (Wildman–Crippen LogP) is 4.24. The molecule has 0 aromatic heterocycles. The van der Waals surface area contributed by atoms with Crippen LogP contribution in [0.5, 0.6) is 0 Å². The Hall–Kier alpha value is -2.33. The largest absolute Gasteiger partial charge is 0.444 e. The van der Waals surface area contributed by atoms with Gasteiger partial charge in [-0.3, -0.25) is 0 Å². The number of hydrogen-bond donors (Lipinski definition) is 1. The lowest BCUT2D eigenvalue weighted by Gasteiger charge is -2.22. The highest BCUT2D eigenvalue weighted by molar-refractivity contribution is 5.68. The van der Waals surface area contributed by atoms with E-state index < -0.39 is 17.3 Å². The van der Waals surface area contributed by atoms with Crippen molar-refractivity contribution in [3.63, 3.8) is 0 Å². The van der Waals surface area contributed by atoms with Gasteiger partial charge in [0.05, 0.1) is 6.04 Å². The van der Waals surface area contributed by atoms with E-state index in [4.69, 9.17) is 9.47 Å². The van der Waals surface area contributed by atoms with Gasteiger partial charge in [-0.2, -0.15) is 0 Å². The van der Waals surface area contributed by atoms with E-state index in [1.165, 1.54) is 0 Å². The average Bonchev–Trinajstić information content (AvgIpc) is 3.32. The summed E-state index contributed by atoms with van der Waals surface area (Å²) in [7, 11) is 0. The molecule has 1 amide bonds. The van der Waals surface area contributed by atoms with Crippen molar-refractivity contribution in [1.29, 1.82) is 0 Å². The molecule has 2 aromatic carbocycles. The van der Waals surface area contributed by atoms with E-state index in [1.54, 1.807) is 0 Å². The third kappa shape index (κ3) is 3.69. The average molecular weight is 339 g/mol. The van der Waals surface area contributed by atoms with E-state index in [0.717, 1.165) is 11.1 Å². The van der Waals surface area contributed by atoms with Crippen molar-refractivity contribution in [2.75, 3.05) is 0 Å². The summed E-state index contributed by atoms with van der Waals surface area (Å²) in [5.41, 5.74) is 1.12. The second-order valence-electron chi connectivity index (χ2n) is 7.44. The van der Waals surface area contributed by atoms with Crippen LogP contribution in [-0.4, -0.2) is 23.8 Å². The van der Waals surface area contributed by atoms with Gasteiger partial charge in [0.15, 0.2) is 0 Å². The Bertz CT molecular complexity index is 682. The van der Waals surface area contributed by atoms with Crippen LogP contribution >= 0.6 is 0 Å². The fourth-order valence-corrected chi connectivity index (χ4v) is 3.19. The van der Waals surface area contributed by atoms with Crippen LogP contribution in [0.2, 0.25) is 0 Å². The summed E-state index contributed by atoms with van der Waals surface area (Å²) in [5, 5.41) is 2.91. The summed E-state index contributed by atoms with van der Waals surface area (Å²) >= 11 is 0. The number of amides is 1. The quantitative estimate of drug-likeness (QED) is 0.848. The molecule has 2 aromatic rings. The number of nitrogens with one attached hydrogen (secondary N) is 1. The molecule has 25 heavy (non-hydrogen) atoms. The van der Waals surface area contributed by atoms with Crippen LogP contribution in [0.1, 0.15) is 38.8 Å². The van der Waals surface area contributed by atoms with Crippen molar-refractivity contribution in [2.24, 2.45) is 0 Å². The molecular weight excluding hydrogens is 314 g/mol. The lowest BCUT2D eigenvalue weighted by atomic mass is 9.86. The molecule has 2 atom stereocenters. The number of alkyl carbamates (subject to hydrolysis) is 1. The van der Waals surface area contributed by atoms with Gasteiger partial charge in [-0.1, -0.05) is 60.7 Å². The van der Waals surface area contributed by atoms with Gasteiger partial charge < -0.3 is 14.8 Å². The minimum Gasteiger partial charge on any atom is -0.444 e. The maximum absolute atomic E-state index is 12.1. The van der Waals surface area contributed by atoms with Crippen molar-refractivity contribution in [3.8, 4) is 0 Å². The van der Waals surface area contributed by atoms with Gasteiger partial charge in [0.1, 0.15) is 17.3 Å². The lowest BCUT2D eigenvalue weighted by Crippen LogP contribution is -2.41. The molecule has 0 radical (unpaired) electrons. The molecule has 1 aliphatic rings. The summed E-state index contributed by atoms with van der Waals surface area (Å²) in [4.78, 5) is 12.1. The molecule has 4 heteroatoms. The molecule has 1 saturated heterocycles.